The van der Waals surface area contributed by atoms with Crippen LogP contribution in [0.15, 0.2) is 0 Å². The Morgan fingerprint density at radius 3 is 1.89 bits per heavy atom. The molecular weight excluding hydrogens is 252 g/mol. The van der Waals surface area contributed by atoms with E-state index in [0.717, 1.165) is 0 Å². The lowest BCUT2D eigenvalue weighted by Crippen LogP contribution is -2.24. The van der Waals surface area contributed by atoms with Gasteiger partial charge in [-0.1, -0.05) is 0 Å². The molecule has 0 amide bonds. The maximum atomic E-state index is 11.3. The summed E-state index contributed by atoms with van der Waals surface area (Å²) in [4.78, 5) is 11.3. The molecule has 0 unspecified atom stereocenters. The maximum absolute atomic E-state index is 11.3. The molecule has 0 aromatic rings. The molecule has 0 spiro atoms. The SMILES string of the molecule is CC(C)(C)OC(=O)CCOCCOCCOCCO.[HH]. The van der Waals surface area contributed by atoms with Gasteiger partial charge in [-0.3, -0.25) is 4.79 Å². The predicted octanol–water partition coefficient (Wildman–Crippen LogP) is 1.01. The molecule has 1 N–H and O–H groups in total. The highest BCUT2D eigenvalue weighted by atomic mass is 16.6. The summed E-state index contributed by atoms with van der Waals surface area (Å²) in [7, 11) is 0. The Morgan fingerprint density at radius 1 is 0.947 bits per heavy atom. The lowest BCUT2D eigenvalue weighted by Gasteiger charge is -2.19. The molecule has 0 radical (unpaired) electrons. The molecule has 0 bridgehead atoms. The van der Waals surface area contributed by atoms with E-state index in [2.05, 4.69) is 0 Å². The highest BCUT2D eigenvalue weighted by Gasteiger charge is 2.15. The average molecular weight is 280 g/mol. The van der Waals surface area contributed by atoms with Crippen molar-refractivity contribution < 1.29 is 30.3 Å². The zero-order chi connectivity index (χ0) is 14.6. The van der Waals surface area contributed by atoms with Crippen LogP contribution in [0.3, 0.4) is 0 Å². The molecule has 19 heavy (non-hydrogen) atoms. The normalized spacial score (nSPS) is 11.6. The van der Waals surface area contributed by atoms with Crippen molar-refractivity contribution in [2.45, 2.75) is 32.8 Å². The number of hydrogen-bond donors (Lipinski definition) is 1. The molecule has 0 aliphatic heterocycles. The van der Waals surface area contributed by atoms with Gasteiger partial charge < -0.3 is 24.1 Å². The van der Waals surface area contributed by atoms with Crippen LogP contribution in [-0.2, 0) is 23.7 Å². The molecule has 0 heterocycles. The van der Waals surface area contributed by atoms with Gasteiger partial charge in [-0.2, -0.15) is 0 Å². The Bertz CT molecular complexity index is 229. The van der Waals surface area contributed by atoms with Crippen LogP contribution >= 0.6 is 0 Å². The van der Waals surface area contributed by atoms with Gasteiger partial charge >= 0.3 is 5.97 Å². The van der Waals surface area contributed by atoms with Gasteiger partial charge in [0.15, 0.2) is 0 Å². The van der Waals surface area contributed by atoms with Crippen molar-refractivity contribution in [3.8, 4) is 0 Å². The zero-order valence-electron chi connectivity index (χ0n) is 12.1. The van der Waals surface area contributed by atoms with E-state index < -0.39 is 5.60 Å². The Balaban J connectivity index is 0. The highest BCUT2D eigenvalue weighted by molar-refractivity contribution is 5.69. The molecule has 0 atom stereocenters. The first-order valence-corrected chi connectivity index (χ1v) is 6.51. The van der Waals surface area contributed by atoms with Crippen molar-refractivity contribution in [3.63, 3.8) is 0 Å². The fourth-order valence-corrected chi connectivity index (χ4v) is 1.15. The molecule has 6 heteroatoms. The van der Waals surface area contributed by atoms with Crippen molar-refractivity contribution in [3.05, 3.63) is 0 Å². The number of hydrogen-bond acceptors (Lipinski definition) is 6. The van der Waals surface area contributed by atoms with Crippen molar-refractivity contribution in [2.75, 3.05) is 46.2 Å². The monoisotopic (exact) mass is 280 g/mol. The number of aliphatic hydroxyl groups is 1. The van der Waals surface area contributed by atoms with Gasteiger partial charge in [0, 0.05) is 1.43 Å². The quantitative estimate of drug-likeness (QED) is 0.450. The van der Waals surface area contributed by atoms with E-state index in [1.54, 1.807) is 0 Å². The van der Waals surface area contributed by atoms with E-state index >= 15 is 0 Å². The van der Waals surface area contributed by atoms with Crippen molar-refractivity contribution in [1.29, 1.82) is 0 Å². The first-order chi connectivity index (χ1) is 8.95. The molecule has 0 aromatic carbocycles. The van der Waals surface area contributed by atoms with Gasteiger partial charge in [0.1, 0.15) is 5.60 Å². The molecule has 0 saturated carbocycles. The van der Waals surface area contributed by atoms with Crippen LogP contribution in [0, 0.1) is 0 Å². The van der Waals surface area contributed by atoms with Crippen LogP contribution < -0.4 is 0 Å². The lowest BCUT2D eigenvalue weighted by atomic mass is 10.2. The second-order valence-corrected chi connectivity index (χ2v) is 4.90. The molecule has 116 valence electrons. The third kappa shape index (κ3) is 15.3. The number of rotatable bonds is 11. The molecule has 6 nitrogen and oxygen atoms in total. The number of esters is 1. The number of carbonyl (C=O) groups is 1. The van der Waals surface area contributed by atoms with Crippen molar-refractivity contribution in [2.24, 2.45) is 0 Å². The topological polar surface area (TPSA) is 74.2 Å². The smallest absolute Gasteiger partial charge is 0.308 e. The fourth-order valence-electron chi connectivity index (χ4n) is 1.15. The van der Waals surface area contributed by atoms with Gasteiger partial charge in [-0.15, -0.1) is 0 Å². The standard InChI is InChI=1S/C13H26O6.H2/c1-13(2,3)19-12(15)4-6-16-8-10-18-11-9-17-7-5-14;/h14H,4-11H2,1-3H3;1H. The first-order valence-electron chi connectivity index (χ1n) is 6.51. The minimum Gasteiger partial charge on any atom is -0.460 e. The molecule has 0 rings (SSSR count). The summed E-state index contributed by atoms with van der Waals surface area (Å²) >= 11 is 0. The first kappa shape index (κ1) is 18.3. The summed E-state index contributed by atoms with van der Waals surface area (Å²) in [5.41, 5.74) is -0.450. The van der Waals surface area contributed by atoms with Gasteiger partial charge in [0.05, 0.1) is 52.7 Å². The van der Waals surface area contributed by atoms with E-state index in [1.165, 1.54) is 0 Å². The third-order valence-corrected chi connectivity index (χ3v) is 1.85. The number of ether oxygens (including phenoxy) is 4. The van der Waals surface area contributed by atoms with E-state index in [1.807, 2.05) is 20.8 Å². The third-order valence-electron chi connectivity index (χ3n) is 1.85. The van der Waals surface area contributed by atoms with E-state index in [9.17, 15) is 4.79 Å². The summed E-state index contributed by atoms with van der Waals surface area (Å²) in [5.74, 6) is -0.258. The summed E-state index contributed by atoms with van der Waals surface area (Å²) in [6, 6.07) is 0. The molecule has 0 saturated heterocycles. The summed E-state index contributed by atoms with van der Waals surface area (Å²) in [6.45, 7) is 7.99. The van der Waals surface area contributed by atoms with E-state index in [-0.39, 0.29) is 20.4 Å². The van der Waals surface area contributed by atoms with Crippen molar-refractivity contribution in [1.82, 2.24) is 0 Å². The predicted molar refractivity (Wildman–Crippen MR) is 72.1 cm³/mol. The number of carbonyl (C=O) groups excluding carboxylic acids is 1. The second kappa shape index (κ2) is 11.2. The minimum absolute atomic E-state index is 0. The average Bonchev–Trinajstić information content (AvgIpc) is 2.29. The number of aliphatic hydroxyl groups excluding tert-OH is 1. The molecule has 0 aliphatic rings. The summed E-state index contributed by atoms with van der Waals surface area (Å²) in [6.07, 6.45) is 0.247. The Labute approximate surface area is 116 Å². The summed E-state index contributed by atoms with van der Waals surface area (Å²) < 4.78 is 20.6. The Hall–Kier alpha value is -0.690. The minimum atomic E-state index is -0.450. The molecule has 0 aliphatic carbocycles. The van der Waals surface area contributed by atoms with Crippen LogP contribution in [0.1, 0.15) is 28.6 Å². The lowest BCUT2D eigenvalue weighted by molar-refractivity contribution is -0.156. The van der Waals surface area contributed by atoms with Gasteiger partial charge in [-0.25, -0.2) is 0 Å². The van der Waals surface area contributed by atoms with E-state index in [0.29, 0.717) is 39.6 Å². The van der Waals surface area contributed by atoms with E-state index in [4.69, 9.17) is 24.1 Å². The fraction of sp³-hybridized carbons (Fsp3) is 0.923. The van der Waals surface area contributed by atoms with Crippen LogP contribution in [0.5, 0.6) is 0 Å². The molecule has 0 fully saturated rings. The highest BCUT2D eigenvalue weighted by Crippen LogP contribution is 2.07. The van der Waals surface area contributed by atoms with Gasteiger partial charge in [-0.05, 0) is 20.8 Å². The van der Waals surface area contributed by atoms with Gasteiger partial charge in [0.2, 0.25) is 0 Å². The Morgan fingerprint density at radius 2 is 1.42 bits per heavy atom. The van der Waals surface area contributed by atoms with Crippen LogP contribution in [0.2, 0.25) is 0 Å². The maximum Gasteiger partial charge on any atom is 0.308 e. The largest absolute Gasteiger partial charge is 0.460 e. The van der Waals surface area contributed by atoms with Crippen LogP contribution in [0.4, 0.5) is 0 Å². The van der Waals surface area contributed by atoms with Gasteiger partial charge in [0.25, 0.3) is 0 Å². The molecule has 0 aromatic heterocycles. The van der Waals surface area contributed by atoms with Crippen LogP contribution in [-0.4, -0.2) is 62.9 Å². The summed E-state index contributed by atoms with van der Waals surface area (Å²) in [5, 5.41) is 8.46. The van der Waals surface area contributed by atoms with Crippen LogP contribution in [0.25, 0.3) is 0 Å². The van der Waals surface area contributed by atoms with Crippen molar-refractivity contribution >= 4 is 5.97 Å². The second-order valence-electron chi connectivity index (χ2n) is 4.90. The zero-order valence-corrected chi connectivity index (χ0v) is 12.1. The Kier molecular flexibility index (Phi) is 10.8. The molecular formula is C13H28O6.